The zero-order valence-electron chi connectivity index (χ0n) is 31.8. The summed E-state index contributed by atoms with van der Waals surface area (Å²) in [4.78, 5) is 71.9. The molecule has 4 N–H and O–H groups in total. The summed E-state index contributed by atoms with van der Waals surface area (Å²) in [5, 5.41) is 42.4. The van der Waals surface area contributed by atoms with Crippen LogP contribution >= 0.6 is 0 Å². The molecule has 4 aromatic rings. The number of benzene rings is 4. The van der Waals surface area contributed by atoms with Crippen LogP contribution in [0.3, 0.4) is 0 Å². The van der Waals surface area contributed by atoms with Gasteiger partial charge in [-0.2, -0.15) is 0 Å². The first-order valence-electron chi connectivity index (χ1n) is 18.4. The maximum Gasteiger partial charge on any atom is 0.336 e. The van der Waals surface area contributed by atoms with E-state index in [9.17, 15) is 39.6 Å². The summed E-state index contributed by atoms with van der Waals surface area (Å²) >= 11 is 0. The molecule has 0 spiro atoms. The van der Waals surface area contributed by atoms with E-state index in [0.29, 0.717) is 34.1 Å². The van der Waals surface area contributed by atoms with Crippen molar-refractivity contribution in [3.63, 3.8) is 0 Å². The van der Waals surface area contributed by atoms with Gasteiger partial charge in [-0.15, -0.1) is 0 Å². The van der Waals surface area contributed by atoms with E-state index in [-0.39, 0.29) is 97.8 Å². The zero-order chi connectivity index (χ0) is 41.7. The molecule has 5 aliphatic rings. The van der Waals surface area contributed by atoms with Crippen LogP contribution in [0, 0.1) is 0 Å². The third-order valence-electron chi connectivity index (χ3n) is 10.2. The van der Waals surface area contributed by atoms with Gasteiger partial charge in [-0.25, -0.2) is 39.1 Å². The Kier molecular flexibility index (Phi) is 10.4. The number of allylic oxidation sites excluding steroid dienone is 12. The standard InChI is InChI=1S/C48H28N4O8.Zn/c53-45(54)34-13-5-1-9-30(34)38-23-29-22-27-18-17-25(49-27)21-26-19-20-28(50-26)24-39-40(31-10-2-6-14-35(31)46(55)56)41(32-11-3-7-15-36(32)47(57)58)44(52-39)42(43(38)51-29)33-12-4-8-16-37(33)48(59)60;/h1-24H,(H,53,54)(H,55,56)(H,57,58)(H,59,60);. The Morgan fingerprint density at radius 2 is 0.803 bits per heavy atom. The maximum atomic E-state index is 13.2. The molecular weight excluding hydrogens is 826 g/mol. The summed E-state index contributed by atoms with van der Waals surface area (Å²) in [6, 6.07) is 24.9. The van der Waals surface area contributed by atoms with Gasteiger partial charge in [-0.05, 0) is 89.6 Å². The van der Waals surface area contributed by atoms with Crippen LogP contribution in [0.4, 0.5) is 0 Å². The molecule has 0 unspecified atom stereocenters. The molecule has 0 amide bonds. The van der Waals surface area contributed by atoms with E-state index >= 15 is 0 Å². The molecule has 13 heteroatoms. The Labute approximate surface area is 359 Å². The third-order valence-corrected chi connectivity index (χ3v) is 10.2. The van der Waals surface area contributed by atoms with Crippen molar-refractivity contribution in [2.75, 3.05) is 0 Å². The molecule has 8 bridgehead atoms. The number of carboxylic acid groups (broad SMARTS) is 4. The molecular formula is C48H28N4O8Zn. The Balaban J connectivity index is 0.00000514. The maximum absolute atomic E-state index is 13.2. The summed E-state index contributed by atoms with van der Waals surface area (Å²) in [5.41, 5.74) is 3.89. The SMILES string of the molecule is O=C(O)c1ccccc1C1=CC2=CC3=NC(=CC4=NC(=CC5=NC(=C(c6ccccc6C(=O)O)C1=N2)C(c1ccccc1C(=O)O)=C5c1ccccc1C(=O)O)C=C4)C=C3.[Zn]. The fraction of sp³-hybridized carbons (Fsp3) is 0. The summed E-state index contributed by atoms with van der Waals surface area (Å²) in [6.45, 7) is 0. The number of hydrogen-bond acceptors (Lipinski definition) is 8. The molecule has 0 radical (unpaired) electrons. The molecule has 0 aliphatic carbocycles. The Morgan fingerprint density at radius 3 is 1.31 bits per heavy atom. The summed E-state index contributed by atoms with van der Waals surface area (Å²) < 4.78 is 0. The number of aliphatic imine (C=N–C) groups is 4. The van der Waals surface area contributed by atoms with Gasteiger partial charge in [0.1, 0.15) is 0 Å². The normalized spacial score (nSPS) is 16.1. The van der Waals surface area contributed by atoms with E-state index in [4.69, 9.17) is 20.0 Å². The van der Waals surface area contributed by atoms with Gasteiger partial charge in [0, 0.05) is 47.3 Å². The van der Waals surface area contributed by atoms with Gasteiger partial charge in [0.2, 0.25) is 0 Å². The average Bonchev–Trinajstić information content (AvgIpc) is 4.05. The van der Waals surface area contributed by atoms with Crippen LogP contribution in [0.2, 0.25) is 0 Å². The van der Waals surface area contributed by atoms with Gasteiger partial charge in [-0.1, -0.05) is 72.8 Å². The van der Waals surface area contributed by atoms with Crippen molar-refractivity contribution in [2.45, 2.75) is 0 Å². The first kappa shape index (κ1) is 39.8. The van der Waals surface area contributed by atoms with Gasteiger partial charge < -0.3 is 20.4 Å². The van der Waals surface area contributed by atoms with E-state index in [1.54, 1.807) is 115 Å². The summed E-state index contributed by atoms with van der Waals surface area (Å²) in [6.07, 6.45) is 14.0. The second-order valence-corrected chi connectivity index (χ2v) is 13.8. The molecule has 0 atom stereocenters. The van der Waals surface area contributed by atoms with Gasteiger partial charge in [0.25, 0.3) is 0 Å². The molecule has 0 saturated carbocycles. The molecule has 290 valence electrons. The van der Waals surface area contributed by atoms with E-state index in [0.717, 1.165) is 0 Å². The van der Waals surface area contributed by atoms with Crippen molar-refractivity contribution < 1.29 is 59.1 Å². The molecule has 5 aliphatic heterocycles. The molecule has 5 heterocycles. The van der Waals surface area contributed by atoms with Crippen molar-refractivity contribution in [3.05, 3.63) is 213 Å². The average molecular weight is 854 g/mol. The number of hydrogen-bond donors (Lipinski definition) is 4. The minimum absolute atomic E-state index is 0. The predicted molar refractivity (Wildman–Crippen MR) is 228 cm³/mol. The zero-order valence-corrected chi connectivity index (χ0v) is 34.7. The Hall–Kier alpha value is -8.02. The molecule has 0 aromatic heterocycles. The van der Waals surface area contributed by atoms with Gasteiger partial charge in [-0.3, -0.25) is 0 Å². The van der Waals surface area contributed by atoms with Crippen molar-refractivity contribution in [3.8, 4) is 0 Å². The quantitative estimate of drug-likeness (QED) is 0.127. The number of aromatic carboxylic acids is 4. The number of fused-ring (bicyclic) bond motifs is 4. The van der Waals surface area contributed by atoms with E-state index in [2.05, 4.69) is 0 Å². The monoisotopic (exact) mass is 852 g/mol. The van der Waals surface area contributed by atoms with E-state index < -0.39 is 23.9 Å². The second kappa shape index (κ2) is 16.0. The third kappa shape index (κ3) is 7.23. The fourth-order valence-corrected chi connectivity index (χ4v) is 7.69. The molecule has 12 nitrogen and oxygen atoms in total. The molecule has 0 saturated heterocycles. The van der Waals surface area contributed by atoms with Crippen LogP contribution in [-0.2, 0) is 19.5 Å². The fourth-order valence-electron chi connectivity index (χ4n) is 7.69. The molecule has 4 aromatic carbocycles. The van der Waals surface area contributed by atoms with Crippen molar-refractivity contribution in [1.29, 1.82) is 0 Å². The molecule has 9 rings (SSSR count). The van der Waals surface area contributed by atoms with Crippen LogP contribution in [-0.4, -0.2) is 67.2 Å². The summed E-state index contributed by atoms with van der Waals surface area (Å²) in [7, 11) is 0. The molecule has 0 fully saturated rings. The van der Waals surface area contributed by atoms with Crippen LogP contribution in [0.1, 0.15) is 63.7 Å². The van der Waals surface area contributed by atoms with Crippen LogP contribution < -0.4 is 0 Å². The smallest absolute Gasteiger partial charge is 0.336 e. The topological polar surface area (TPSA) is 199 Å². The van der Waals surface area contributed by atoms with E-state index in [1.807, 2.05) is 6.08 Å². The summed E-state index contributed by atoms with van der Waals surface area (Å²) in [5.74, 6) is -5.06. The Morgan fingerprint density at radius 1 is 0.393 bits per heavy atom. The minimum atomic E-state index is -1.29. The Bertz CT molecular complexity index is 3090. The number of rotatable bonds is 8. The van der Waals surface area contributed by atoms with E-state index in [1.165, 1.54) is 24.3 Å². The van der Waals surface area contributed by atoms with Crippen LogP contribution in [0.5, 0.6) is 0 Å². The first-order valence-corrected chi connectivity index (χ1v) is 18.4. The number of nitrogens with zero attached hydrogens (tertiary/aromatic N) is 4. The van der Waals surface area contributed by atoms with Crippen LogP contribution in [0.25, 0.3) is 22.3 Å². The van der Waals surface area contributed by atoms with Crippen molar-refractivity contribution in [2.24, 2.45) is 20.0 Å². The van der Waals surface area contributed by atoms with Crippen LogP contribution in [0.15, 0.2) is 188 Å². The largest absolute Gasteiger partial charge is 0.478 e. The van der Waals surface area contributed by atoms with Gasteiger partial charge in [0.05, 0.1) is 67.9 Å². The number of carboxylic acids is 4. The van der Waals surface area contributed by atoms with Gasteiger partial charge >= 0.3 is 23.9 Å². The predicted octanol–water partition coefficient (Wildman–Crippen LogP) is 8.48. The number of carbonyl (C=O) groups is 4. The first-order chi connectivity index (χ1) is 29.0. The molecule has 61 heavy (non-hydrogen) atoms. The van der Waals surface area contributed by atoms with Gasteiger partial charge in [0.15, 0.2) is 0 Å². The van der Waals surface area contributed by atoms with Crippen molar-refractivity contribution in [1.82, 2.24) is 0 Å². The second-order valence-electron chi connectivity index (χ2n) is 13.8. The van der Waals surface area contributed by atoms with Crippen molar-refractivity contribution >= 4 is 69.0 Å². The minimum Gasteiger partial charge on any atom is -0.478 e.